The van der Waals surface area contributed by atoms with Crippen LogP contribution in [-0.2, 0) is 4.79 Å². The summed E-state index contributed by atoms with van der Waals surface area (Å²) in [5.41, 5.74) is 1.96. The average Bonchev–Trinajstić information content (AvgIpc) is 2.54. The molecule has 0 aromatic heterocycles. The van der Waals surface area contributed by atoms with Gasteiger partial charge < -0.3 is 14.8 Å². The van der Waals surface area contributed by atoms with Crippen LogP contribution in [0.2, 0.25) is 0 Å². The van der Waals surface area contributed by atoms with Gasteiger partial charge in [0.05, 0.1) is 0 Å². The fourth-order valence-electron chi connectivity index (χ4n) is 2.35. The lowest BCUT2D eigenvalue weighted by Gasteiger charge is -2.25. The molecule has 22 heavy (non-hydrogen) atoms. The van der Waals surface area contributed by atoms with Crippen molar-refractivity contribution in [2.75, 3.05) is 11.9 Å². The summed E-state index contributed by atoms with van der Waals surface area (Å²) in [6.07, 6.45) is -0.641. The Morgan fingerprint density at radius 3 is 2.68 bits per heavy atom. The maximum atomic E-state index is 12.3. The lowest BCUT2D eigenvalue weighted by Crippen LogP contribution is -2.40. The van der Waals surface area contributed by atoms with E-state index in [2.05, 4.69) is 25.2 Å². The number of benzene rings is 2. The Morgan fingerprint density at radius 2 is 1.91 bits per heavy atom. The monoisotopic (exact) mass is 297 g/mol. The second-order valence-electron chi connectivity index (χ2n) is 5.63. The quantitative estimate of drug-likeness (QED) is 0.942. The molecule has 0 aliphatic carbocycles. The third kappa shape index (κ3) is 3.06. The Labute approximate surface area is 130 Å². The van der Waals surface area contributed by atoms with Crippen molar-refractivity contribution in [2.24, 2.45) is 0 Å². The molecule has 0 bridgehead atoms. The van der Waals surface area contributed by atoms with Crippen LogP contribution in [-0.4, -0.2) is 18.6 Å². The summed E-state index contributed by atoms with van der Waals surface area (Å²) in [4.78, 5) is 12.3. The molecular formula is C18H19NO3. The number of hydrogen-bond acceptors (Lipinski definition) is 3. The highest BCUT2D eigenvalue weighted by Gasteiger charge is 2.27. The summed E-state index contributed by atoms with van der Waals surface area (Å²) in [5.74, 6) is 1.49. The lowest BCUT2D eigenvalue weighted by atomic mass is 10.0. The molecule has 0 unspecified atom stereocenters. The van der Waals surface area contributed by atoms with Gasteiger partial charge in [-0.15, -0.1) is 0 Å². The summed E-state index contributed by atoms with van der Waals surface area (Å²) < 4.78 is 11.3. The zero-order chi connectivity index (χ0) is 15.5. The topological polar surface area (TPSA) is 47.6 Å². The van der Waals surface area contributed by atoms with E-state index < -0.39 is 6.10 Å². The van der Waals surface area contributed by atoms with Crippen LogP contribution in [0.3, 0.4) is 0 Å². The smallest absolute Gasteiger partial charge is 0.269 e. The van der Waals surface area contributed by atoms with E-state index in [4.69, 9.17) is 9.47 Å². The first-order chi connectivity index (χ1) is 10.6. The molecule has 0 saturated carbocycles. The van der Waals surface area contributed by atoms with E-state index >= 15 is 0 Å². The van der Waals surface area contributed by atoms with Crippen LogP contribution in [0.15, 0.2) is 48.5 Å². The fourth-order valence-corrected chi connectivity index (χ4v) is 2.35. The van der Waals surface area contributed by atoms with Crippen molar-refractivity contribution in [1.29, 1.82) is 0 Å². The Kier molecular flexibility index (Phi) is 4.00. The second kappa shape index (κ2) is 6.10. The van der Waals surface area contributed by atoms with Gasteiger partial charge in [0.15, 0.2) is 11.5 Å². The first-order valence-corrected chi connectivity index (χ1v) is 7.43. The van der Waals surface area contributed by atoms with E-state index in [1.54, 1.807) is 6.07 Å². The summed E-state index contributed by atoms with van der Waals surface area (Å²) in [5, 5.41) is 2.89. The van der Waals surface area contributed by atoms with Gasteiger partial charge in [0.25, 0.3) is 5.91 Å². The number of hydrogen-bond donors (Lipinski definition) is 1. The van der Waals surface area contributed by atoms with Gasteiger partial charge in [-0.1, -0.05) is 38.1 Å². The predicted octanol–water partition coefficient (Wildman–Crippen LogP) is 3.59. The SMILES string of the molecule is CC(C)c1cccc(NC(=O)[C@H]2COc3ccccc3O2)c1. The van der Waals surface area contributed by atoms with Gasteiger partial charge in [-0.3, -0.25) is 4.79 Å². The predicted molar refractivity (Wildman–Crippen MR) is 85.5 cm³/mol. The number of rotatable bonds is 3. The van der Waals surface area contributed by atoms with Crippen molar-refractivity contribution in [2.45, 2.75) is 25.9 Å². The minimum atomic E-state index is -0.641. The highest BCUT2D eigenvalue weighted by atomic mass is 16.6. The molecule has 4 heteroatoms. The van der Waals surface area contributed by atoms with Crippen LogP contribution in [0.5, 0.6) is 11.5 Å². The van der Waals surface area contributed by atoms with Gasteiger partial charge in [-0.25, -0.2) is 0 Å². The third-order valence-electron chi connectivity index (χ3n) is 3.62. The molecule has 1 atom stereocenters. The van der Waals surface area contributed by atoms with Crippen LogP contribution in [0.1, 0.15) is 25.3 Å². The molecule has 1 aliphatic rings. The summed E-state index contributed by atoms with van der Waals surface area (Å²) in [6, 6.07) is 15.2. The number of para-hydroxylation sites is 2. The molecule has 0 spiro atoms. The summed E-state index contributed by atoms with van der Waals surface area (Å²) >= 11 is 0. The first-order valence-electron chi connectivity index (χ1n) is 7.43. The molecule has 1 heterocycles. The number of carbonyl (C=O) groups is 1. The van der Waals surface area contributed by atoms with Crippen molar-refractivity contribution in [3.05, 3.63) is 54.1 Å². The zero-order valence-electron chi connectivity index (χ0n) is 12.7. The Bertz CT molecular complexity index is 682. The standard InChI is InChI=1S/C18H19NO3/c1-12(2)13-6-5-7-14(10-13)19-18(20)17-11-21-15-8-3-4-9-16(15)22-17/h3-10,12,17H,11H2,1-2H3,(H,19,20)/t17-/m1/s1. The van der Waals surface area contributed by atoms with Crippen molar-refractivity contribution >= 4 is 11.6 Å². The van der Waals surface area contributed by atoms with E-state index in [1.165, 1.54) is 5.56 Å². The van der Waals surface area contributed by atoms with Gasteiger partial charge >= 0.3 is 0 Å². The van der Waals surface area contributed by atoms with Gasteiger partial charge in [0.2, 0.25) is 6.10 Å². The molecule has 2 aromatic rings. The number of carbonyl (C=O) groups excluding carboxylic acids is 1. The normalized spacial score (nSPS) is 16.4. The van der Waals surface area contributed by atoms with Gasteiger partial charge in [-0.05, 0) is 35.7 Å². The van der Waals surface area contributed by atoms with E-state index in [-0.39, 0.29) is 12.5 Å². The molecule has 1 N–H and O–H groups in total. The molecule has 0 saturated heterocycles. The minimum Gasteiger partial charge on any atom is -0.485 e. The minimum absolute atomic E-state index is 0.199. The van der Waals surface area contributed by atoms with E-state index in [0.717, 1.165) is 5.69 Å². The second-order valence-corrected chi connectivity index (χ2v) is 5.63. The number of ether oxygens (including phenoxy) is 2. The molecular weight excluding hydrogens is 278 g/mol. The van der Waals surface area contributed by atoms with Crippen molar-refractivity contribution in [1.82, 2.24) is 0 Å². The summed E-state index contributed by atoms with van der Waals surface area (Å²) in [6.45, 7) is 4.46. The Balaban J connectivity index is 1.69. The number of fused-ring (bicyclic) bond motifs is 1. The van der Waals surface area contributed by atoms with Gasteiger partial charge in [0.1, 0.15) is 6.61 Å². The molecule has 0 fully saturated rings. The zero-order valence-corrected chi connectivity index (χ0v) is 12.7. The van der Waals surface area contributed by atoms with Crippen LogP contribution in [0.25, 0.3) is 0 Å². The van der Waals surface area contributed by atoms with Crippen LogP contribution in [0, 0.1) is 0 Å². The summed E-state index contributed by atoms with van der Waals surface area (Å²) in [7, 11) is 0. The van der Waals surface area contributed by atoms with E-state index in [9.17, 15) is 4.79 Å². The molecule has 0 radical (unpaired) electrons. The highest BCUT2D eigenvalue weighted by molar-refractivity contribution is 5.94. The highest BCUT2D eigenvalue weighted by Crippen LogP contribution is 2.31. The molecule has 114 valence electrons. The average molecular weight is 297 g/mol. The Morgan fingerprint density at radius 1 is 1.14 bits per heavy atom. The fraction of sp³-hybridized carbons (Fsp3) is 0.278. The first kappa shape index (κ1) is 14.4. The van der Waals surface area contributed by atoms with Crippen molar-refractivity contribution in [3.63, 3.8) is 0 Å². The molecule has 2 aromatic carbocycles. The third-order valence-corrected chi connectivity index (χ3v) is 3.62. The largest absolute Gasteiger partial charge is 0.485 e. The van der Waals surface area contributed by atoms with Crippen LogP contribution >= 0.6 is 0 Å². The lowest BCUT2D eigenvalue weighted by molar-refractivity contribution is -0.125. The number of amides is 1. The Hall–Kier alpha value is -2.49. The number of nitrogens with one attached hydrogen (secondary N) is 1. The maximum Gasteiger partial charge on any atom is 0.269 e. The molecule has 4 nitrogen and oxygen atoms in total. The molecule has 1 aliphatic heterocycles. The van der Waals surface area contributed by atoms with Crippen molar-refractivity contribution < 1.29 is 14.3 Å². The van der Waals surface area contributed by atoms with Gasteiger partial charge in [0, 0.05) is 5.69 Å². The van der Waals surface area contributed by atoms with Crippen LogP contribution < -0.4 is 14.8 Å². The van der Waals surface area contributed by atoms with E-state index in [1.807, 2.05) is 36.4 Å². The molecule has 3 rings (SSSR count). The van der Waals surface area contributed by atoms with Crippen LogP contribution in [0.4, 0.5) is 5.69 Å². The molecule has 1 amide bonds. The van der Waals surface area contributed by atoms with Gasteiger partial charge in [-0.2, -0.15) is 0 Å². The maximum absolute atomic E-state index is 12.3. The van der Waals surface area contributed by atoms with Crippen molar-refractivity contribution in [3.8, 4) is 11.5 Å². The van der Waals surface area contributed by atoms with E-state index in [0.29, 0.717) is 17.4 Å². The number of anilines is 1.